The van der Waals surface area contributed by atoms with Crippen LogP contribution in [0.2, 0.25) is 0 Å². The summed E-state index contributed by atoms with van der Waals surface area (Å²) in [7, 11) is 0. The van der Waals surface area contributed by atoms with Gasteiger partial charge in [-0.2, -0.15) is 4.98 Å². The summed E-state index contributed by atoms with van der Waals surface area (Å²) in [6.45, 7) is 2.89. The van der Waals surface area contributed by atoms with Crippen molar-refractivity contribution < 1.29 is 4.52 Å². The fourth-order valence-electron chi connectivity index (χ4n) is 3.54. The molecule has 1 aliphatic rings. The van der Waals surface area contributed by atoms with E-state index in [2.05, 4.69) is 27.0 Å². The van der Waals surface area contributed by atoms with E-state index < -0.39 is 0 Å². The van der Waals surface area contributed by atoms with Gasteiger partial charge in [0.25, 0.3) is 11.4 Å². The van der Waals surface area contributed by atoms with E-state index >= 15 is 0 Å². The van der Waals surface area contributed by atoms with Crippen molar-refractivity contribution in [2.24, 2.45) is 4.99 Å². The van der Waals surface area contributed by atoms with E-state index in [1.807, 2.05) is 12.1 Å². The zero-order valence-electron chi connectivity index (χ0n) is 17.3. The number of aliphatic imine (C=N–C) groups is 1. The molecule has 0 bridgehead atoms. The third kappa shape index (κ3) is 4.51. The lowest BCUT2D eigenvalue weighted by atomic mass is 10.2. The summed E-state index contributed by atoms with van der Waals surface area (Å²) in [4.78, 5) is 38.6. The summed E-state index contributed by atoms with van der Waals surface area (Å²) < 4.78 is 8.14. The molecule has 0 N–H and O–H groups in total. The van der Waals surface area contributed by atoms with Crippen LogP contribution in [0.3, 0.4) is 0 Å². The van der Waals surface area contributed by atoms with Crippen molar-refractivity contribution in [1.29, 1.82) is 0 Å². The summed E-state index contributed by atoms with van der Waals surface area (Å²) in [5, 5.41) is 4.33. The highest BCUT2D eigenvalue weighted by atomic mass is 35.5. The van der Waals surface area contributed by atoms with Crippen molar-refractivity contribution in [1.82, 2.24) is 24.3 Å². The van der Waals surface area contributed by atoms with Crippen molar-refractivity contribution in [3.63, 3.8) is 0 Å². The van der Waals surface area contributed by atoms with E-state index in [0.29, 0.717) is 66.3 Å². The van der Waals surface area contributed by atoms with Gasteiger partial charge in [0.05, 0.1) is 5.56 Å². The standard InChI is InChI=1S/C21H23ClN6O3/c1-2-3-11-27-18-14(13-16(22)24-18)20(29)28(21(27)30)12-7-5-9-17-25-19(31-26-17)15-8-4-6-10-23-15/h4,6,8,10H,2-3,5,7,9,11-13H2,1H3. The van der Waals surface area contributed by atoms with Crippen LogP contribution in [0, 0.1) is 0 Å². The molecule has 1 aliphatic heterocycles. The Kier molecular flexibility index (Phi) is 6.41. The third-order valence-corrected chi connectivity index (χ3v) is 5.38. The van der Waals surface area contributed by atoms with Gasteiger partial charge in [-0.1, -0.05) is 36.2 Å². The zero-order valence-corrected chi connectivity index (χ0v) is 18.0. The van der Waals surface area contributed by atoms with E-state index in [4.69, 9.17) is 16.1 Å². The molecule has 9 nitrogen and oxygen atoms in total. The highest BCUT2D eigenvalue weighted by molar-refractivity contribution is 6.66. The maximum absolute atomic E-state index is 13.0. The Morgan fingerprint density at radius 2 is 1.97 bits per heavy atom. The Labute approximate surface area is 183 Å². The molecule has 0 fully saturated rings. The molecule has 31 heavy (non-hydrogen) atoms. The molecule has 0 amide bonds. The van der Waals surface area contributed by atoms with Gasteiger partial charge in [0, 0.05) is 32.1 Å². The van der Waals surface area contributed by atoms with Crippen LogP contribution in [0.15, 0.2) is 43.5 Å². The van der Waals surface area contributed by atoms with Crippen LogP contribution in [-0.2, 0) is 25.9 Å². The lowest BCUT2D eigenvalue weighted by Gasteiger charge is -2.13. The van der Waals surface area contributed by atoms with Crippen LogP contribution in [-0.4, -0.2) is 29.4 Å². The fraction of sp³-hybridized carbons (Fsp3) is 0.429. The smallest absolute Gasteiger partial charge is 0.332 e. The second-order valence-electron chi connectivity index (χ2n) is 7.40. The van der Waals surface area contributed by atoms with Gasteiger partial charge in [-0.25, -0.2) is 9.79 Å². The minimum Gasteiger partial charge on any atom is -0.332 e. The Morgan fingerprint density at radius 1 is 1.13 bits per heavy atom. The minimum atomic E-state index is -0.329. The summed E-state index contributed by atoms with van der Waals surface area (Å²) in [5.41, 5.74) is 0.492. The monoisotopic (exact) mass is 442 g/mol. The maximum atomic E-state index is 13.0. The molecule has 0 spiro atoms. The van der Waals surface area contributed by atoms with Crippen LogP contribution in [0.5, 0.6) is 0 Å². The van der Waals surface area contributed by atoms with Gasteiger partial charge in [0.1, 0.15) is 16.7 Å². The minimum absolute atomic E-state index is 0.279. The molecule has 0 unspecified atom stereocenters. The van der Waals surface area contributed by atoms with E-state index in [0.717, 1.165) is 12.8 Å². The van der Waals surface area contributed by atoms with Crippen molar-refractivity contribution in [2.75, 3.05) is 0 Å². The van der Waals surface area contributed by atoms with Crippen LogP contribution in [0.1, 0.15) is 44.0 Å². The molecule has 4 rings (SSSR count). The number of aryl methyl sites for hydroxylation is 1. The van der Waals surface area contributed by atoms with E-state index in [1.165, 1.54) is 4.57 Å². The molecule has 10 heteroatoms. The maximum Gasteiger partial charge on any atom is 0.332 e. The number of nitrogens with zero attached hydrogens (tertiary/aromatic N) is 6. The molecule has 4 heterocycles. The molecule has 0 saturated carbocycles. The first kappa shape index (κ1) is 21.2. The number of fused-ring (bicyclic) bond motifs is 1. The van der Waals surface area contributed by atoms with E-state index in [-0.39, 0.29) is 17.7 Å². The lowest BCUT2D eigenvalue weighted by molar-refractivity contribution is 0.419. The SMILES string of the molecule is CCCCn1c2c(c(=O)n(CCCCc3noc(-c4ccccn4)n3)c1=O)CC(Cl)=N2. The van der Waals surface area contributed by atoms with Gasteiger partial charge in [-0.15, -0.1) is 0 Å². The molecular weight excluding hydrogens is 420 g/mol. The largest absolute Gasteiger partial charge is 0.332 e. The molecule has 162 valence electrons. The second kappa shape index (κ2) is 9.38. The van der Waals surface area contributed by atoms with Gasteiger partial charge >= 0.3 is 5.69 Å². The number of rotatable bonds is 9. The summed E-state index contributed by atoms with van der Waals surface area (Å²) >= 11 is 6.06. The fourth-order valence-corrected chi connectivity index (χ4v) is 3.76. The number of hydrogen-bond donors (Lipinski definition) is 0. The van der Waals surface area contributed by atoms with E-state index in [9.17, 15) is 9.59 Å². The van der Waals surface area contributed by atoms with Crippen molar-refractivity contribution >= 4 is 22.6 Å². The Hall–Kier alpha value is -3.07. The number of aromatic nitrogens is 5. The second-order valence-corrected chi connectivity index (χ2v) is 7.84. The zero-order chi connectivity index (χ0) is 21.8. The summed E-state index contributed by atoms with van der Waals surface area (Å²) in [6.07, 6.45) is 5.62. The molecule has 3 aromatic rings. The first-order valence-corrected chi connectivity index (χ1v) is 10.8. The molecule has 3 aromatic heterocycles. The number of halogens is 1. The molecular formula is C21H23ClN6O3. The lowest BCUT2D eigenvalue weighted by Crippen LogP contribution is -2.41. The molecule has 0 aliphatic carbocycles. The quantitative estimate of drug-likeness (QED) is 0.471. The van der Waals surface area contributed by atoms with Gasteiger partial charge in [0.15, 0.2) is 5.82 Å². The summed E-state index contributed by atoms with van der Waals surface area (Å²) in [6, 6.07) is 5.47. The van der Waals surface area contributed by atoms with Gasteiger partial charge < -0.3 is 4.52 Å². The van der Waals surface area contributed by atoms with Crippen LogP contribution >= 0.6 is 11.6 Å². The van der Waals surface area contributed by atoms with Crippen LogP contribution < -0.4 is 11.2 Å². The van der Waals surface area contributed by atoms with Gasteiger partial charge in [-0.05, 0) is 31.4 Å². The average Bonchev–Trinajstić information content (AvgIpc) is 3.40. The molecule has 0 atom stereocenters. The van der Waals surface area contributed by atoms with Crippen LogP contribution in [0.4, 0.5) is 5.82 Å². The molecule has 0 radical (unpaired) electrons. The van der Waals surface area contributed by atoms with Crippen LogP contribution in [0.25, 0.3) is 11.6 Å². The Balaban J connectivity index is 1.44. The number of unbranched alkanes of at least 4 members (excludes halogenated alkanes) is 2. The Morgan fingerprint density at radius 3 is 2.74 bits per heavy atom. The number of pyridine rings is 1. The Bertz CT molecular complexity index is 1210. The van der Waals surface area contributed by atoms with Gasteiger partial charge in [-0.3, -0.25) is 18.9 Å². The normalized spacial score (nSPS) is 12.8. The van der Waals surface area contributed by atoms with Crippen molar-refractivity contribution in [2.45, 2.75) is 58.5 Å². The molecule has 0 saturated heterocycles. The average molecular weight is 443 g/mol. The van der Waals surface area contributed by atoms with E-state index in [1.54, 1.807) is 16.8 Å². The third-order valence-electron chi connectivity index (χ3n) is 5.16. The van der Waals surface area contributed by atoms with Crippen molar-refractivity contribution in [3.05, 3.63) is 56.6 Å². The highest BCUT2D eigenvalue weighted by Gasteiger charge is 2.24. The topological polar surface area (TPSA) is 108 Å². The molecule has 0 aromatic carbocycles. The first-order chi connectivity index (χ1) is 15.1. The first-order valence-electron chi connectivity index (χ1n) is 10.4. The predicted molar refractivity (Wildman–Crippen MR) is 117 cm³/mol. The summed E-state index contributed by atoms with van der Waals surface area (Å²) in [5.74, 6) is 1.36. The van der Waals surface area contributed by atoms with Crippen molar-refractivity contribution in [3.8, 4) is 11.6 Å². The van der Waals surface area contributed by atoms with Gasteiger partial charge in [0.2, 0.25) is 0 Å². The highest BCUT2D eigenvalue weighted by Crippen LogP contribution is 2.24. The predicted octanol–water partition coefficient (Wildman–Crippen LogP) is 3.10. The number of hydrogen-bond acceptors (Lipinski definition) is 7.